The van der Waals surface area contributed by atoms with Gasteiger partial charge in [0.05, 0.1) is 0 Å². The number of hydrogen-bond acceptors (Lipinski definition) is 0. The van der Waals surface area contributed by atoms with Crippen molar-refractivity contribution in [3.05, 3.63) is 0 Å². The fourth-order valence-electron chi connectivity index (χ4n) is 2.01. The SMILES string of the molecule is CCCCCCCCCCCCCC#CC#C[O]. The van der Waals surface area contributed by atoms with Crippen LogP contribution in [0.15, 0.2) is 0 Å². The predicted octanol–water partition coefficient (Wildman–Crippen LogP) is 5.08. The van der Waals surface area contributed by atoms with Crippen LogP contribution < -0.4 is 0 Å². The second-order valence-corrected chi connectivity index (χ2v) is 4.81. The first-order valence-corrected chi connectivity index (χ1v) is 7.51. The molecular formula is C17H27O. The quantitative estimate of drug-likeness (QED) is 0.358. The summed E-state index contributed by atoms with van der Waals surface area (Å²) in [6, 6.07) is 0. The molecule has 0 rings (SSSR count). The molecule has 0 unspecified atom stereocenters. The molecule has 101 valence electrons. The van der Waals surface area contributed by atoms with Gasteiger partial charge in [0.2, 0.25) is 0 Å². The molecule has 1 radical (unpaired) electrons. The summed E-state index contributed by atoms with van der Waals surface area (Å²) < 4.78 is 0. The molecule has 0 aliphatic carbocycles. The molecule has 0 spiro atoms. The van der Waals surface area contributed by atoms with Crippen molar-refractivity contribution in [2.45, 2.75) is 84.0 Å². The molecule has 1 heteroatoms. The monoisotopic (exact) mass is 247 g/mol. The van der Waals surface area contributed by atoms with Gasteiger partial charge in [-0.05, 0) is 12.3 Å². The molecule has 0 saturated carbocycles. The highest BCUT2D eigenvalue weighted by molar-refractivity contribution is 5.23. The Balaban J connectivity index is 3.03. The largest absolute Gasteiger partial charge is 0.223 e. The van der Waals surface area contributed by atoms with Crippen molar-refractivity contribution in [1.82, 2.24) is 0 Å². The molecule has 0 bridgehead atoms. The first-order chi connectivity index (χ1) is 8.91. The fourth-order valence-corrected chi connectivity index (χ4v) is 2.01. The summed E-state index contributed by atoms with van der Waals surface area (Å²) in [5.74, 6) is 7.66. The minimum absolute atomic E-state index is 0.881. The summed E-state index contributed by atoms with van der Waals surface area (Å²) >= 11 is 0. The van der Waals surface area contributed by atoms with Crippen LogP contribution in [0, 0.1) is 23.9 Å². The van der Waals surface area contributed by atoms with Crippen LogP contribution in [-0.2, 0) is 5.11 Å². The molecule has 0 aromatic heterocycles. The first kappa shape index (κ1) is 16.9. The molecule has 0 amide bonds. The molecule has 0 heterocycles. The zero-order chi connectivity index (χ0) is 13.3. The van der Waals surface area contributed by atoms with Gasteiger partial charge < -0.3 is 0 Å². The predicted molar refractivity (Wildman–Crippen MR) is 77.3 cm³/mol. The van der Waals surface area contributed by atoms with Crippen LogP contribution in [0.2, 0.25) is 0 Å². The van der Waals surface area contributed by atoms with Crippen LogP contribution in [0.1, 0.15) is 84.0 Å². The summed E-state index contributed by atoms with van der Waals surface area (Å²) in [6.07, 6.45) is 17.3. The highest BCUT2D eigenvalue weighted by atomic mass is 16.2. The van der Waals surface area contributed by atoms with E-state index >= 15 is 0 Å². The van der Waals surface area contributed by atoms with Crippen LogP contribution in [-0.4, -0.2) is 0 Å². The summed E-state index contributed by atoms with van der Waals surface area (Å²) in [5, 5.41) is 9.78. The standard InChI is InChI=1S/C17H27O/c1-2-3-4-5-6-7-8-9-10-11-12-13-14-15-16-17-18/h2-13H2,1H3. The molecule has 0 aliphatic heterocycles. The maximum Gasteiger partial charge on any atom is 0.186 e. The molecule has 0 N–H and O–H groups in total. The Morgan fingerprint density at radius 3 is 1.67 bits per heavy atom. The summed E-state index contributed by atoms with van der Waals surface area (Å²) in [5.41, 5.74) is 0. The molecule has 1 nitrogen and oxygen atoms in total. The van der Waals surface area contributed by atoms with Gasteiger partial charge in [-0.15, -0.1) is 0 Å². The van der Waals surface area contributed by atoms with E-state index in [1.165, 1.54) is 70.3 Å². The van der Waals surface area contributed by atoms with Crippen molar-refractivity contribution in [2.75, 3.05) is 0 Å². The lowest BCUT2D eigenvalue weighted by molar-refractivity contribution is 0.392. The van der Waals surface area contributed by atoms with Crippen molar-refractivity contribution < 1.29 is 5.11 Å². The average molecular weight is 247 g/mol. The minimum Gasteiger partial charge on any atom is -0.223 e. The van der Waals surface area contributed by atoms with Crippen molar-refractivity contribution in [3.8, 4) is 23.9 Å². The van der Waals surface area contributed by atoms with Gasteiger partial charge in [0, 0.05) is 12.3 Å². The second-order valence-electron chi connectivity index (χ2n) is 4.81. The maximum absolute atomic E-state index is 9.78. The first-order valence-electron chi connectivity index (χ1n) is 7.51. The molecule has 0 aliphatic rings. The average Bonchev–Trinajstić information content (AvgIpc) is 2.39. The Morgan fingerprint density at radius 1 is 0.667 bits per heavy atom. The smallest absolute Gasteiger partial charge is 0.186 e. The van der Waals surface area contributed by atoms with E-state index < -0.39 is 0 Å². The van der Waals surface area contributed by atoms with Crippen LogP contribution in [0.25, 0.3) is 0 Å². The molecule has 0 aromatic rings. The third kappa shape index (κ3) is 14.9. The normalized spacial score (nSPS) is 9.17. The van der Waals surface area contributed by atoms with Gasteiger partial charge in [0.1, 0.15) is 0 Å². The Labute approximate surface area is 113 Å². The number of rotatable bonds is 11. The third-order valence-corrected chi connectivity index (χ3v) is 3.11. The highest BCUT2D eigenvalue weighted by Gasteiger charge is 1.92. The fraction of sp³-hybridized carbons (Fsp3) is 0.765. The Hall–Kier alpha value is -1.08. The van der Waals surface area contributed by atoms with E-state index in [1.807, 2.05) is 0 Å². The van der Waals surface area contributed by atoms with E-state index in [2.05, 4.69) is 24.7 Å². The zero-order valence-corrected chi connectivity index (χ0v) is 11.9. The maximum atomic E-state index is 9.78. The lowest BCUT2D eigenvalue weighted by Crippen LogP contribution is -1.82. The Kier molecular flexibility index (Phi) is 15.0. The molecule has 0 atom stereocenters. The van der Waals surface area contributed by atoms with Crippen LogP contribution >= 0.6 is 0 Å². The summed E-state index contributed by atoms with van der Waals surface area (Å²) in [4.78, 5) is 0. The van der Waals surface area contributed by atoms with Gasteiger partial charge in [-0.2, -0.15) is 0 Å². The molecular weight excluding hydrogens is 220 g/mol. The van der Waals surface area contributed by atoms with Gasteiger partial charge in [-0.25, -0.2) is 5.11 Å². The van der Waals surface area contributed by atoms with Crippen molar-refractivity contribution in [1.29, 1.82) is 0 Å². The molecule has 0 saturated heterocycles. The van der Waals surface area contributed by atoms with Gasteiger partial charge in [0.15, 0.2) is 6.11 Å². The number of hydrogen-bond donors (Lipinski definition) is 0. The van der Waals surface area contributed by atoms with Gasteiger partial charge in [-0.3, -0.25) is 0 Å². The van der Waals surface area contributed by atoms with Crippen LogP contribution in [0.3, 0.4) is 0 Å². The number of unbranched alkanes of at least 4 members (excludes halogenated alkanes) is 11. The lowest BCUT2D eigenvalue weighted by atomic mass is 10.1. The topological polar surface area (TPSA) is 19.9 Å². The van der Waals surface area contributed by atoms with Crippen LogP contribution in [0.5, 0.6) is 0 Å². The van der Waals surface area contributed by atoms with Crippen molar-refractivity contribution >= 4 is 0 Å². The van der Waals surface area contributed by atoms with Crippen LogP contribution in [0.4, 0.5) is 0 Å². The Bertz CT molecular complexity index is 271. The van der Waals surface area contributed by atoms with E-state index in [0.29, 0.717) is 0 Å². The lowest BCUT2D eigenvalue weighted by Gasteiger charge is -2.01. The van der Waals surface area contributed by atoms with Gasteiger partial charge in [0.25, 0.3) is 0 Å². The van der Waals surface area contributed by atoms with E-state index in [0.717, 1.165) is 12.8 Å². The molecule has 18 heavy (non-hydrogen) atoms. The zero-order valence-electron chi connectivity index (χ0n) is 11.9. The van der Waals surface area contributed by atoms with E-state index in [9.17, 15) is 5.11 Å². The van der Waals surface area contributed by atoms with Gasteiger partial charge >= 0.3 is 0 Å². The Morgan fingerprint density at radius 2 is 1.17 bits per heavy atom. The third-order valence-electron chi connectivity index (χ3n) is 3.11. The molecule has 0 fully saturated rings. The van der Waals surface area contributed by atoms with Gasteiger partial charge in [-0.1, -0.05) is 77.1 Å². The minimum atomic E-state index is 0.881. The van der Waals surface area contributed by atoms with Crippen molar-refractivity contribution in [2.24, 2.45) is 0 Å². The highest BCUT2D eigenvalue weighted by Crippen LogP contribution is 2.11. The summed E-state index contributed by atoms with van der Waals surface area (Å²) in [7, 11) is 0. The molecule has 0 aromatic carbocycles. The summed E-state index contributed by atoms with van der Waals surface area (Å²) in [6.45, 7) is 2.26. The van der Waals surface area contributed by atoms with E-state index in [4.69, 9.17) is 0 Å². The van der Waals surface area contributed by atoms with E-state index in [-0.39, 0.29) is 0 Å². The van der Waals surface area contributed by atoms with E-state index in [1.54, 1.807) is 0 Å². The second kappa shape index (κ2) is 15.9. The van der Waals surface area contributed by atoms with Crippen molar-refractivity contribution in [3.63, 3.8) is 0 Å².